The average Bonchev–Trinajstić information content (AvgIpc) is 3.31. The fourth-order valence-electron chi connectivity index (χ4n) is 4.49. The number of phenols is 1. The first kappa shape index (κ1) is 20.2. The summed E-state index contributed by atoms with van der Waals surface area (Å²) in [6.07, 6.45) is 3.61. The Balaban J connectivity index is 1.68. The molecule has 4 aromatic rings. The first-order chi connectivity index (χ1) is 15.5. The van der Waals surface area contributed by atoms with Gasteiger partial charge in [-0.25, -0.2) is 4.98 Å². The van der Waals surface area contributed by atoms with Gasteiger partial charge in [-0.2, -0.15) is 0 Å². The second-order valence-electron chi connectivity index (χ2n) is 7.86. The fraction of sp³-hybridized carbons (Fsp3) is 0.160. The Hall–Kier alpha value is -3.71. The van der Waals surface area contributed by atoms with E-state index in [4.69, 9.17) is 12.2 Å². The molecule has 1 aromatic carbocycles. The molecule has 3 aromatic heterocycles. The first-order valence-corrected chi connectivity index (χ1v) is 10.9. The number of nitrogens with zero attached hydrogens (tertiary/aromatic N) is 4. The van der Waals surface area contributed by atoms with Gasteiger partial charge in [-0.15, -0.1) is 0 Å². The Morgan fingerprint density at radius 3 is 2.31 bits per heavy atom. The number of phenolic OH excluding ortho intramolecular Hbond substituents is 1. The highest BCUT2D eigenvalue weighted by atomic mass is 32.1. The Labute approximate surface area is 192 Å². The summed E-state index contributed by atoms with van der Waals surface area (Å²) in [5, 5.41) is 13.9. The van der Waals surface area contributed by atoms with Crippen molar-refractivity contribution in [3.63, 3.8) is 0 Å². The van der Waals surface area contributed by atoms with Crippen LogP contribution in [0.25, 0.3) is 5.82 Å². The van der Waals surface area contributed by atoms with Gasteiger partial charge in [0, 0.05) is 29.5 Å². The molecule has 1 aliphatic heterocycles. The minimum absolute atomic E-state index is 0.120. The number of aromatic nitrogens is 3. The van der Waals surface area contributed by atoms with E-state index in [0.717, 1.165) is 34.2 Å². The minimum atomic E-state index is -0.129. The predicted octanol–water partition coefficient (Wildman–Crippen LogP) is 4.77. The van der Waals surface area contributed by atoms with E-state index >= 15 is 0 Å². The smallest absolute Gasteiger partial charge is 0.174 e. The lowest BCUT2D eigenvalue weighted by Crippen LogP contribution is -2.29. The van der Waals surface area contributed by atoms with Gasteiger partial charge >= 0.3 is 0 Å². The predicted molar refractivity (Wildman–Crippen MR) is 129 cm³/mol. The summed E-state index contributed by atoms with van der Waals surface area (Å²) in [7, 11) is 0. The van der Waals surface area contributed by atoms with Crippen LogP contribution in [0.5, 0.6) is 5.75 Å². The van der Waals surface area contributed by atoms with Crippen molar-refractivity contribution in [3.05, 3.63) is 102 Å². The number of nitrogens with one attached hydrogen (secondary N) is 1. The zero-order valence-corrected chi connectivity index (χ0v) is 18.6. The molecule has 0 aliphatic carbocycles. The highest BCUT2D eigenvalue weighted by molar-refractivity contribution is 7.80. The van der Waals surface area contributed by atoms with Crippen LogP contribution in [-0.4, -0.2) is 24.8 Å². The minimum Gasteiger partial charge on any atom is -0.508 e. The molecule has 4 heterocycles. The molecule has 32 heavy (non-hydrogen) atoms. The summed E-state index contributed by atoms with van der Waals surface area (Å²) >= 11 is 5.79. The van der Waals surface area contributed by atoms with Crippen molar-refractivity contribution in [1.29, 1.82) is 0 Å². The molecule has 1 fully saturated rings. The molecule has 0 bridgehead atoms. The van der Waals surface area contributed by atoms with Gasteiger partial charge in [0.05, 0.1) is 17.8 Å². The van der Waals surface area contributed by atoms with Crippen LogP contribution >= 0.6 is 12.2 Å². The molecule has 0 spiro atoms. The lowest BCUT2D eigenvalue weighted by atomic mass is 9.96. The molecule has 6 nitrogen and oxygen atoms in total. The second kappa shape index (κ2) is 8.09. The highest BCUT2D eigenvalue weighted by Crippen LogP contribution is 2.43. The van der Waals surface area contributed by atoms with Gasteiger partial charge in [0.15, 0.2) is 5.11 Å². The van der Waals surface area contributed by atoms with Gasteiger partial charge in [0.2, 0.25) is 0 Å². The van der Waals surface area contributed by atoms with Crippen molar-refractivity contribution in [2.24, 2.45) is 0 Å². The molecule has 160 valence electrons. The van der Waals surface area contributed by atoms with E-state index in [9.17, 15) is 5.11 Å². The average molecular weight is 442 g/mol. The topological polar surface area (TPSA) is 66.2 Å². The largest absolute Gasteiger partial charge is 0.508 e. The van der Waals surface area contributed by atoms with Crippen molar-refractivity contribution in [3.8, 4) is 11.6 Å². The molecule has 1 aliphatic rings. The second-order valence-corrected chi connectivity index (χ2v) is 8.25. The molecular formula is C25H23N5OS. The van der Waals surface area contributed by atoms with Gasteiger partial charge in [-0.3, -0.25) is 4.98 Å². The summed E-state index contributed by atoms with van der Waals surface area (Å²) in [4.78, 5) is 11.3. The van der Waals surface area contributed by atoms with Crippen molar-refractivity contribution in [2.75, 3.05) is 4.90 Å². The molecule has 1 saturated heterocycles. The Bertz CT molecular complexity index is 1260. The van der Waals surface area contributed by atoms with Crippen molar-refractivity contribution in [1.82, 2.24) is 19.9 Å². The molecule has 0 radical (unpaired) electrons. The molecular weight excluding hydrogens is 418 g/mol. The number of aromatic hydroxyl groups is 1. The Morgan fingerprint density at radius 1 is 0.938 bits per heavy atom. The molecule has 2 atom stereocenters. The van der Waals surface area contributed by atoms with Gasteiger partial charge < -0.3 is 19.9 Å². The van der Waals surface area contributed by atoms with Crippen LogP contribution < -0.4 is 10.2 Å². The third kappa shape index (κ3) is 3.40. The third-order valence-corrected chi connectivity index (χ3v) is 6.21. The number of aryl methyl sites for hydroxylation is 1. The molecule has 2 N–H and O–H groups in total. The van der Waals surface area contributed by atoms with Gasteiger partial charge in [-0.1, -0.05) is 12.1 Å². The fourth-order valence-corrected chi connectivity index (χ4v) is 4.83. The lowest BCUT2D eigenvalue weighted by molar-refractivity contribution is 0.475. The number of hydrogen-bond acceptors (Lipinski definition) is 4. The van der Waals surface area contributed by atoms with E-state index in [1.807, 2.05) is 48.5 Å². The highest BCUT2D eigenvalue weighted by Gasteiger charge is 2.42. The SMILES string of the molecule is Cc1cc([C@@H]2[C@@H](c3ccccn3)NC(=S)N2c2ccc(O)cc2)c(C)n1-c1ccccn1. The quantitative estimate of drug-likeness (QED) is 0.445. The summed E-state index contributed by atoms with van der Waals surface area (Å²) < 4.78 is 2.17. The van der Waals surface area contributed by atoms with Gasteiger partial charge in [0.25, 0.3) is 0 Å². The van der Waals surface area contributed by atoms with Crippen LogP contribution in [0.1, 0.15) is 34.7 Å². The molecule has 0 saturated carbocycles. The molecule has 5 rings (SSSR count). The summed E-state index contributed by atoms with van der Waals surface area (Å²) in [5.41, 5.74) is 5.17. The zero-order chi connectivity index (χ0) is 22.2. The Morgan fingerprint density at radius 2 is 1.66 bits per heavy atom. The van der Waals surface area contributed by atoms with Crippen LogP contribution in [0.15, 0.2) is 79.1 Å². The van der Waals surface area contributed by atoms with E-state index in [2.05, 4.69) is 44.7 Å². The number of thiocarbonyl (C=S) groups is 1. The zero-order valence-electron chi connectivity index (χ0n) is 17.8. The normalized spacial score (nSPS) is 18.1. The molecule has 0 amide bonds. The van der Waals surface area contributed by atoms with E-state index in [-0.39, 0.29) is 17.8 Å². The van der Waals surface area contributed by atoms with E-state index in [1.165, 1.54) is 0 Å². The lowest BCUT2D eigenvalue weighted by Gasteiger charge is -2.28. The van der Waals surface area contributed by atoms with Crippen molar-refractivity contribution in [2.45, 2.75) is 25.9 Å². The number of anilines is 1. The van der Waals surface area contributed by atoms with Crippen molar-refractivity contribution < 1.29 is 5.11 Å². The Kier molecular flexibility index (Phi) is 5.11. The first-order valence-electron chi connectivity index (χ1n) is 10.4. The van der Waals surface area contributed by atoms with Crippen LogP contribution in [0, 0.1) is 13.8 Å². The third-order valence-electron chi connectivity index (χ3n) is 5.89. The number of benzene rings is 1. The summed E-state index contributed by atoms with van der Waals surface area (Å²) in [5.74, 6) is 1.10. The van der Waals surface area contributed by atoms with Gasteiger partial charge in [0.1, 0.15) is 11.6 Å². The summed E-state index contributed by atoms with van der Waals surface area (Å²) in [6, 6.07) is 20.9. The molecule has 0 unspecified atom stereocenters. The van der Waals surface area contributed by atoms with Crippen molar-refractivity contribution >= 4 is 23.0 Å². The molecule has 7 heteroatoms. The number of rotatable bonds is 4. The van der Waals surface area contributed by atoms with E-state index < -0.39 is 0 Å². The number of pyridine rings is 2. The van der Waals surface area contributed by atoms with Crippen LogP contribution in [0.3, 0.4) is 0 Å². The van der Waals surface area contributed by atoms with Crippen LogP contribution in [0.2, 0.25) is 0 Å². The summed E-state index contributed by atoms with van der Waals surface area (Å²) in [6.45, 7) is 4.20. The number of hydrogen-bond donors (Lipinski definition) is 2. The standard InChI is InChI=1S/C25H23N5OS/c1-16-15-20(17(2)29(16)22-8-4-6-14-27-22)24-23(21-7-3-5-13-26-21)28-25(32)30(24)18-9-11-19(31)12-10-18/h3-15,23-24,31H,1-2H3,(H,28,32)/t23-,24-/m1/s1. The van der Waals surface area contributed by atoms with Crippen LogP contribution in [0.4, 0.5) is 5.69 Å². The maximum atomic E-state index is 9.80. The maximum Gasteiger partial charge on any atom is 0.174 e. The monoisotopic (exact) mass is 441 g/mol. The maximum absolute atomic E-state index is 9.80. The van der Waals surface area contributed by atoms with Gasteiger partial charge in [-0.05, 0) is 86.2 Å². The van der Waals surface area contributed by atoms with E-state index in [1.54, 1.807) is 24.5 Å². The van der Waals surface area contributed by atoms with E-state index in [0.29, 0.717) is 5.11 Å². The van der Waals surface area contributed by atoms with Crippen LogP contribution in [-0.2, 0) is 0 Å².